The van der Waals surface area contributed by atoms with E-state index in [0.29, 0.717) is 117 Å². The number of nitrogens with zero attached hydrogens (tertiary/aromatic N) is 5. The summed E-state index contributed by atoms with van der Waals surface area (Å²) in [4.78, 5) is 82.6. The Labute approximate surface area is 454 Å². The average molecular weight is 1090 g/mol. The number of imide groups is 2. The first-order valence-electron chi connectivity index (χ1n) is 26.3. The molecule has 1 unspecified atom stereocenters. The predicted molar refractivity (Wildman–Crippen MR) is 288 cm³/mol. The van der Waals surface area contributed by atoms with Crippen molar-refractivity contribution in [1.82, 2.24) is 30.3 Å². The Morgan fingerprint density at radius 3 is 2.30 bits per heavy atom. The molecule has 5 aromatic rings. The number of rotatable bonds is 24. The minimum absolute atomic E-state index is 0.000769. The maximum absolute atomic E-state index is 14.0. The highest BCUT2D eigenvalue weighted by molar-refractivity contribution is 6.25. The van der Waals surface area contributed by atoms with Crippen molar-refractivity contribution >= 4 is 69.2 Å². The van der Waals surface area contributed by atoms with Gasteiger partial charge in [0.25, 0.3) is 17.7 Å². The number of aromatic nitrogens is 2. The van der Waals surface area contributed by atoms with E-state index in [0.717, 1.165) is 35.1 Å². The lowest BCUT2D eigenvalue weighted by Crippen LogP contribution is -2.54. The largest absolute Gasteiger partial charge is 0.399 e. The molecule has 24 heteroatoms. The highest BCUT2D eigenvalue weighted by Gasteiger charge is 2.45. The van der Waals surface area contributed by atoms with Crippen LogP contribution in [0, 0.1) is 11.6 Å². The third-order valence-corrected chi connectivity index (χ3v) is 14.0. The maximum Gasteiger partial charge on any atom is 0.264 e. The number of nitrogens with two attached hydrogens (primary N) is 2. The lowest BCUT2D eigenvalue weighted by atomic mass is 10.0. The molecule has 1 atom stereocenters. The number of hydrogen-bond acceptors (Lipinski definition) is 17. The van der Waals surface area contributed by atoms with Crippen molar-refractivity contribution in [2.45, 2.75) is 50.6 Å². The predicted octanol–water partition coefficient (Wildman–Crippen LogP) is 3.85. The normalized spacial score (nSPS) is 17.1. The number of benzene rings is 4. The minimum atomic E-state index is -1.07. The van der Waals surface area contributed by atoms with Gasteiger partial charge in [-0.1, -0.05) is 12.1 Å². The molecule has 5 heterocycles. The number of carbonyl (C=O) groups is 6. The van der Waals surface area contributed by atoms with E-state index in [-0.39, 0.29) is 74.4 Å². The van der Waals surface area contributed by atoms with Crippen LogP contribution >= 0.6 is 0 Å². The molecule has 3 fully saturated rings. The number of ether oxygens (including phenoxy) is 4. The molecule has 4 aliphatic rings. The van der Waals surface area contributed by atoms with Crippen LogP contribution in [-0.4, -0.2) is 165 Å². The summed E-state index contributed by atoms with van der Waals surface area (Å²) in [6, 6.07) is 18.4. The Morgan fingerprint density at radius 2 is 1.56 bits per heavy atom. The second-order valence-corrected chi connectivity index (χ2v) is 19.5. The molecule has 1 aromatic heterocycles. The van der Waals surface area contributed by atoms with Gasteiger partial charge in [0.1, 0.15) is 17.7 Å². The van der Waals surface area contributed by atoms with Gasteiger partial charge in [-0.2, -0.15) is 5.10 Å². The van der Waals surface area contributed by atoms with Crippen LogP contribution in [0.25, 0.3) is 10.9 Å². The molecule has 22 nitrogen and oxygen atoms in total. The molecule has 0 bridgehead atoms. The fourth-order valence-electron chi connectivity index (χ4n) is 9.92. The number of piperidine rings is 1. The zero-order chi connectivity index (χ0) is 55.4. The van der Waals surface area contributed by atoms with Crippen LogP contribution < -0.4 is 37.7 Å². The number of carbonyl (C=O) groups excluding carboxylic acids is 6. The van der Waals surface area contributed by atoms with Crippen molar-refractivity contribution in [1.29, 1.82) is 0 Å². The van der Waals surface area contributed by atoms with Gasteiger partial charge in [-0.15, -0.1) is 0 Å². The molecule has 0 spiro atoms. The number of anilines is 4. The highest BCUT2D eigenvalue weighted by Crippen LogP contribution is 2.33. The number of piperazine rings is 1. The molecule has 4 aromatic carbocycles. The van der Waals surface area contributed by atoms with Gasteiger partial charge in [0.05, 0.1) is 81.4 Å². The molecule has 9 N–H and O–H groups in total. The number of H-pyrrole nitrogens is 1. The first kappa shape index (κ1) is 55.7. The lowest BCUT2D eigenvalue weighted by Gasteiger charge is -2.36. The fourth-order valence-corrected chi connectivity index (χ4v) is 9.92. The number of amides is 6. The summed E-state index contributed by atoms with van der Waals surface area (Å²) in [5.41, 5.74) is 11.2. The van der Waals surface area contributed by atoms with Crippen molar-refractivity contribution in [2.75, 3.05) is 113 Å². The number of aromatic amines is 1. The summed E-state index contributed by atoms with van der Waals surface area (Å²) in [6.07, 6.45) is 3.68. The van der Waals surface area contributed by atoms with E-state index in [4.69, 9.17) is 30.5 Å². The quantitative estimate of drug-likeness (QED) is 0.0200. The van der Waals surface area contributed by atoms with E-state index in [1.165, 1.54) is 29.4 Å². The van der Waals surface area contributed by atoms with E-state index in [1.807, 2.05) is 35.2 Å². The zero-order valence-corrected chi connectivity index (χ0v) is 43.5. The molecule has 4 aliphatic heterocycles. The van der Waals surface area contributed by atoms with Crippen LogP contribution in [0.2, 0.25) is 0 Å². The van der Waals surface area contributed by atoms with Crippen molar-refractivity contribution in [2.24, 2.45) is 11.6 Å². The highest BCUT2D eigenvalue weighted by atomic mass is 19.1. The summed E-state index contributed by atoms with van der Waals surface area (Å²) in [5.74, 6) is 2.40. The summed E-state index contributed by atoms with van der Waals surface area (Å²) >= 11 is 0. The fraction of sp³-hybridized carbons (Fsp3) is 0.400. The van der Waals surface area contributed by atoms with E-state index in [2.05, 4.69) is 36.4 Å². The molecule has 0 aliphatic carbocycles. The van der Waals surface area contributed by atoms with Gasteiger partial charge < -0.3 is 55.4 Å². The van der Waals surface area contributed by atoms with Crippen LogP contribution in [0.15, 0.2) is 84.7 Å². The summed E-state index contributed by atoms with van der Waals surface area (Å²) < 4.78 is 50.3. The maximum atomic E-state index is 14.0. The van der Waals surface area contributed by atoms with Crippen LogP contribution in [0.1, 0.15) is 74.3 Å². The Morgan fingerprint density at radius 1 is 0.823 bits per heavy atom. The van der Waals surface area contributed by atoms with Gasteiger partial charge >= 0.3 is 0 Å². The van der Waals surface area contributed by atoms with Gasteiger partial charge in [-0.3, -0.25) is 44.1 Å². The second-order valence-electron chi connectivity index (χ2n) is 19.5. The Hall–Kier alpha value is -8.03. The van der Waals surface area contributed by atoms with E-state index >= 15 is 0 Å². The molecular formula is C55H64F2N12O10. The molecule has 79 heavy (non-hydrogen) atoms. The molecule has 3 saturated heterocycles. The monoisotopic (exact) mass is 1090 g/mol. The van der Waals surface area contributed by atoms with Crippen molar-refractivity contribution in [3.8, 4) is 0 Å². The van der Waals surface area contributed by atoms with Crippen LogP contribution in [0.3, 0.4) is 0 Å². The Balaban J connectivity index is 0.653. The lowest BCUT2D eigenvalue weighted by molar-refractivity contribution is -0.136. The van der Waals surface area contributed by atoms with Crippen LogP contribution in [0.4, 0.5) is 31.7 Å². The second kappa shape index (κ2) is 26.1. The Kier molecular flexibility index (Phi) is 18.4. The van der Waals surface area contributed by atoms with Gasteiger partial charge in [0, 0.05) is 92.3 Å². The summed E-state index contributed by atoms with van der Waals surface area (Å²) in [7, 11) is 0. The zero-order valence-electron chi connectivity index (χ0n) is 43.5. The molecule has 0 radical (unpaired) electrons. The summed E-state index contributed by atoms with van der Waals surface area (Å²) in [5, 5.41) is 21.2. The third kappa shape index (κ3) is 14.2. The SMILES string of the molecule is N/C(=C\N(N)CCOCCOCCOCCC(=O)N1CCN(c2ccc(C(=O)Nc3n[nH]c4ccc(Cc5cc(F)cc(F)c5)cc34)c(NC3CCOCC3)c2)CC1)CNc1cccc2c1C(=O)N(C1CCC(=O)NC1=O)C2=O. The van der Waals surface area contributed by atoms with Gasteiger partial charge in [0.2, 0.25) is 17.7 Å². The minimum Gasteiger partial charge on any atom is -0.399 e. The molecule has 0 saturated carbocycles. The van der Waals surface area contributed by atoms with Gasteiger partial charge in [0.15, 0.2) is 5.82 Å². The molecule has 9 rings (SSSR count). The number of halogens is 2. The van der Waals surface area contributed by atoms with Crippen LogP contribution in [-0.2, 0) is 39.8 Å². The van der Waals surface area contributed by atoms with E-state index in [9.17, 15) is 37.5 Å². The molecular weight excluding hydrogens is 1030 g/mol. The average Bonchev–Trinajstić information content (AvgIpc) is 4.15. The van der Waals surface area contributed by atoms with Gasteiger partial charge in [-0.05, 0) is 91.4 Å². The number of hydrazine groups is 1. The third-order valence-electron chi connectivity index (χ3n) is 14.0. The van der Waals surface area contributed by atoms with Crippen molar-refractivity contribution < 1.29 is 56.5 Å². The topological polar surface area (TPSA) is 281 Å². The number of fused-ring (bicyclic) bond motifs is 2. The van der Waals surface area contributed by atoms with Crippen molar-refractivity contribution in [3.63, 3.8) is 0 Å². The number of nitrogens with one attached hydrogen (secondary N) is 5. The molecule has 418 valence electrons. The van der Waals surface area contributed by atoms with E-state index in [1.54, 1.807) is 18.2 Å². The van der Waals surface area contributed by atoms with Crippen molar-refractivity contribution in [3.05, 3.63) is 124 Å². The number of hydrogen-bond donors (Lipinski definition) is 7. The van der Waals surface area contributed by atoms with Gasteiger partial charge in [-0.25, -0.2) is 14.6 Å². The van der Waals surface area contributed by atoms with Crippen LogP contribution in [0.5, 0.6) is 0 Å². The standard InChI is InChI=1S/C55H64F2N12O10/c56-36-27-35(28-37(57)30-36)26-34-4-7-44-43(29-34)51(65-64-44)63-52(72)41-6-5-40(31-46(41)61-39-10-18-76-19-11-39)66-13-15-67(16-14-66)49(71)12-20-77-22-24-79-25-23-78-21-17-68(59)33-38(58)32-60-45-3-1-2-42-50(45)55(75)69(54(42)74)47-8-9-48(70)62-53(47)73/h1-7,27-31,33,39,47,60-61H,8-26,32,58-59H2,(H,62,70,73)(H2,63,64,65,72)/b38-33-. The smallest absolute Gasteiger partial charge is 0.264 e. The first-order valence-corrected chi connectivity index (χ1v) is 26.3. The first-order chi connectivity index (χ1) is 38.3. The molecule has 6 amide bonds. The summed E-state index contributed by atoms with van der Waals surface area (Å²) in [6.45, 7) is 5.68. The van der Waals surface area contributed by atoms with E-state index < -0.39 is 41.3 Å². The Bertz CT molecular complexity index is 3070.